The van der Waals surface area contributed by atoms with E-state index < -0.39 is 0 Å². The van der Waals surface area contributed by atoms with Crippen LogP contribution in [0.1, 0.15) is 18.9 Å². The number of nitrogens with zero attached hydrogens (tertiary/aromatic N) is 1. The topological polar surface area (TPSA) is 46.6 Å². The van der Waals surface area contributed by atoms with E-state index in [0.29, 0.717) is 35.5 Å². The minimum Gasteiger partial charge on any atom is -0.494 e. The van der Waals surface area contributed by atoms with Crippen LogP contribution in [0.2, 0.25) is 0 Å². The van der Waals surface area contributed by atoms with Crippen LogP contribution >= 0.6 is 0 Å². The van der Waals surface area contributed by atoms with E-state index >= 15 is 0 Å². The van der Waals surface area contributed by atoms with E-state index in [1.54, 1.807) is 38.1 Å². The number of allylic oxidation sites excluding steroid dienone is 1. The molecule has 1 aromatic carbocycles. The molecule has 0 aromatic heterocycles. The molecule has 0 atom stereocenters. The molecule has 0 bridgehead atoms. The lowest BCUT2D eigenvalue weighted by atomic mass is 10.1. The van der Waals surface area contributed by atoms with Crippen molar-refractivity contribution in [3.8, 4) is 5.75 Å². The van der Waals surface area contributed by atoms with Gasteiger partial charge in [-0.2, -0.15) is 0 Å². The van der Waals surface area contributed by atoms with Gasteiger partial charge < -0.3 is 4.74 Å². The molecular weight excluding hydrogens is 309 g/mol. The number of ether oxygens (including phenoxy) is 1. The summed E-state index contributed by atoms with van der Waals surface area (Å²) < 4.78 is 18.7. The number of hydrogen-bond acceptors (Lipinski definition) is 3. The van der Waals surface area contributed by atoms with Gasteiger partial charge in [-0.05, 0) is 44.0 Å². The van der Waals surface area contributed by atoms with Crippen molar-refractivity contribution in [2.75, 3.05) is 13.2 Å². The Kier molecular flexibility index (Phi) is 5.68. The van der Waals surface area contributed by atoms with Gasteiger partial charge in [-0.1, -0.05) is 24.8 Å². The average molecular weight is 329 g/mol. The second kappa shape index (κ2) is 7.73. The zero-order chi connectivity index (χ0) is 17.7. The van der Waals surface area contributed by atoms with Crippen LogP contribution in [0.3, 0.4) is 0 Å². The largest absolute Gasteiger partial charge is 0.494 e. The van der Waals surface area contributed by atoms with E-state index in [1.165, 1.54) is 17.0 Å². The molecule has 1 heterocycles. The Morgan fingerprint density at radius 3 is 2.58 bits per heavy atom. The van der Waals surface area contributed by atoms with E-state index in [1.807, 2.05) is 0 Å². The third-order valence-corrected chi connectivity index (χ3v) is 3.70. The third-order valence-electron chi connectivity index (χ3n) is 3.70. The molecule has 126 valence electrons. The van der Waals surface area contributed by atoms with Gasteiger partial charge in [0.1, 0.15) is 11.6 Å². The van der Waals surface area contributed by atoms with Crippen molar-refractivity contribution in [1.82, 2.24) is 4.90 Å². The highest BCUT2D eigenvalue weighted by Gasteiger charge is 2.34. The molecule has 0 unspecified atom stereocenters. The quantitative estimate of drug-likeness (QED) is 0.569. The van der Waals surface area contributed by atoms with E-state index in [4.69, 9.17) is 4.74 Å². The van der Waals surface area contributed by atoms with Gasteiger partial charge in [0.05, 0.1) is 17.8 Å². The molecule has 1 aromatic rings. The second-order valence-corrected chi connectivity index (χ2v) is 5.41. The first kappa shape index (κ1) is 17.7. The fourth-order valence-corrected chi connectivity index (χ4v) is 2.46. The number of imide groups is 1. The molecule has 0 spiro atoms. The number of carbonyl (C=O) groups excluding carboxylic acids is 2. The van der Waals surface area contributed by atoms with Crippen LogP contribution in [0.25, 0.3) is 0 Å². The summed E-state index contributed by atoms with van der Waals surface area (Å²) in [7, 11) is 0. The number of halogens is 1. The second-order valence-electron chi connectivity index (χ2n) is 5.41. The van der Waals surface area contributed by atoms with Gasteiger partial charge >= 0.3 is 0 Å². The normalized spacial score (nSPS) is 14.9. The van der Waals surface area contributed by atoms with E-state index in [2.05, 4.69) is 6.58 Å². The molecule has 2 amide bonds. The van der Waals surface area contributed by atoms with Crippen molar-refractivity contribution in [2.24, 2.45) is 0 Å². The predicted molar refractivity (Wildman–Crippen MR) is 90.0 cm³/mol. The summed E-state index contributed by atoms with van der Waals surface area (Å²) in [6, 6.07) is 4.51. The molecule has 0 N–H and O–H groups in total. The molecule has 5 heteroatoms. The predicted octanol–water partition coefficient (Wildman–Crippen LogP) is 3.33. The number of aryl methyl sites for hydroxylation is 1. The van der Waals surface area contributed by atoms with Crippen molar-refractivity contribution in [1.29, 1.82) is 0 Å². The first-order valence-electron chi connectivity index (χ1n) is 7.74. The molecule has 0 aliphatic carbocycles. The summed E-state index contributed by atoms with van der Waals surface area (Å²) in [6.45, 7) is 7.63. The maximum Gasteiger partial charge on any atom is 0.261 e. The molecule has 24 heavy (non-hydrogen) atoms. The number of carbonyl (C=O) groups is 2. The Morgan fingerprint density at radius 2 is 1.96 bits per heavy atom. The Balaban J connectivity index is 1.91. The van der Waals surface area contributed by atoms with Crippen LogP contribution in [-0.2, 0) is 9.59 Å². The monoisotopic (exact) mass is 329 g/mol. The average Bonchev–Trinajstić information content (AvgIpc) is 2.78. The molecule has 0 fully saturated rings. The van der Waals surface area contributed by atoms with Gasteiger partial charge in [0.15, 0.2) is 0 Å². The van der Waals surface area contributed by atoms with Gasteiger partial charge in [-0.25, -0.2) is 4.39 Å². The van der Waals surface area contributed by atoms with Crippen LogP contribution in [0.5, 0.6) is 5.75 Å². The van der Waals surface area contributed by atoms with Gasteiger partial charge in [0, 0.05) is 6.54 Å². The Morgan fingerprint density at radius 1 is 1.25 bits per heavy atom. The van der Waals surface area contributed by atoms with Gasteiger partial charge in [-0.15, -0.1) is 0 Å². The lowest BCUT2D eigenvalue weighted by Crippen LogP contribution is -2.33. The maximum absolute atomic E-state index is 13.2. The fraction of sp³-hybridized carbons (Fsp3) is 0.263. The van der Waals surface area contributed by atoms with Crippen molar-refractivity contribution in [3.63, 3.8) is 0 Å². The summed E-state index contributed by atoms with van der Waals surface area (Å²) in [6.07, 6.45) is 5.23. The first-order chi connectivity index (χ1) is 11.5. The molecular formula is C19H20FNO3. The summed E-state index contributed by atoms with van der Waals surface area (Å²) >= 11 is 0. The number of hydrogen-bond donors (Lipinski definition) is 0. The van der Waals surface area contributed by atoms with Crippen molar-refractivity contribution >= 4 is 11.8 Å². The number of rotatable bonds is 7. The molecule has 4 nitrogen and oxygen atoms in total. The minimum atomic E-state index is -0.333. The summed E-state index contributed by atoms with van der Waals surface area (Å²) in [4.78, 5) is 25.7. The van der Waals surface area contributed by atoms with Crippen LogP contribution in [0.15, 0.2) is 54.2 Å². The number of benzene rings is 1. The lowest BCUT2D eigenvalue weighted by Gasteiger charge is -2.15. The molecule has 0 saturated carbocycles. The van der Waals surface area contributed by atoms with Gasteiger partial charge in [0.2, 0.25) is 0 Å². The Labute approximate surface area is 140 Å². The highest BCUT2D eigenvalue weighted by atomic mass is 19.1. The minimum absolute atomic E-state index is 0.260. The van der Waals surface area contributed by atoms with Crippen molar-refractivity contribution in [2.45, 2.75) is 20.3 Å². The molecule has 0 radical (unpaired) electrons. The van der Waals surface area contributed by atoms with Crippen LogP contribution in [0, 0.1) is 12.7 Å². The molecule has 2 rings (SSSR count). The first-order valence-corrected chi connectivity index (χ1v) is 7.74. The summed E-state index contributed by atoms with van der Waals surface area (Å²) in [5, 5.41) is 0. The smallest absolute Gasteiger partial charge is 0.261 e. The highest BCUT2D eigenvalue weighted by molar-refractivity contribution is 6.21. The number of amides is 2. The standard InChI is InChI=1S/C19H20FNO3/c1-4-7-16-15(5-2)18(22)21(19(16)23)10-6-11-24-14-8-9-17(20)13(3)12-14/h4-5,7-9,12H,2,6,10-11H2,1,3H3/b7-4-. The zero-order valence-corrected chi connectivity index (χ0v) is 13.8. The van der Waals surface area contributed by atoms with E-state index in [0.717, 1.165) is 0 Å². The Bertz CT molecular complexity index is 734. The third kappa shape index (κ3) is 3.62. The van der Waals surface area contributed by atoms with E-state index in [9.17, 15) is 14.0 Å². The Hall–Kier alpha value is -2.69. The van der Waals surface area contributed by atoms with Crippen LogP contribution in [-0.4, -0.2) is 29.9 Å². The lowest BCUT2D eigenvalue weighted by molar-refractivity contribution is -0.137. The van der Waals surface area contributed by atoms with Crippen LogP contribution in [0.4, 0.5) is 4.39 Å². The zero-order valence-electron chi connectivity index (χ0n) is 13.8. The van der Waals surface area contributed by atoms with Crippen LogP contribution < -0.4 is 4.74 Å². The molecule has 0 saturated heterocycles. The maximum atomic E-state index is 13.2. The van der Waals surface area contributed by atoms with Crippen molar-refractivity contribution in [3.05, 3.63) is 65.5 Å². The molecule has 1 aliphatic heterocycles. The van der Waals surface area contributed by atoms with Gasteiger partial charge in [0.25, 0.3) is 11.8 Å². The summed E-state index contributed by atoms with van der Waals surface area (Å²) in [5.74, 6) is -0.367. The highest BCUT2D eigenvalue weighted by Crippen LogP contribution is 2.23. The van der Waals surface area contributed by atoms with Crippen molar-refractivity contribution < 1.29 is 18.7 Å². The SMILES string of the molecule is C=CC1=C(/C=C\C)C(=O)N(CCCOc2ccc(F)c(C)c2)C1=O. The fourth-order valence-electron chi connectivity index (χ4n) is 2.46. The van der Waals surface area contributed by atoms with Gasteiger partial charge in [-0.3, -0.25) is 14.5 Å². The van der Waals surface area contributed by atoms with E-state index in [-0.39, 0.29) is 24.2 Å². The molecule has 1 aliphatic rings. The summed E-state index contributed by atoms with van der Waals surface area (Å²) in [5.41, 5.74) is 1.20.